The number of halogens is 1. The molecule has 0 aliphatic rings. The highest BCUT2D eigenvalue weighted by atomic mass is 35.5. The van der Waals surface area contributed by atoms with E-state index in [2.05, 4.69) is 57.8 Å². The highest BCUT2D eigenvalue weighted by Crippen LogP contribution is 2.31. The molecule has 0 saturated heterocycles. The van der Waals surface area contributed by atoms with Gasteiger partial charge in [-0.15, -0.1) is 0 Å². The lowest BCUT2D eigenvalue weighted by atomic mass is 9.84. The summed E-state index contributed by atoms with van der Waals surface area (Å²) in [4.78, 5) is 4.12. The predicted molar refractivity (Wildman–Crippen MR) is 82.9 cm³/mol. The molecule has 19 heavy (non-hydrogen) atoms. The maximum Gasteiger partial charge on any atom is 0.129 e. The van der Waals surface area contributed by atoms with Gasteiger partial charge in [-0.1, -0.05) is 50.6 Å². The zero-order valence-corrected chi connectivity index (χ0v) is 13.0. The first-order valence-corrected chi connectivity index (χ1v) is 6.90. The molecule has 0 bridgehead atoms. The molecule has 2 heteroatoms. The Bertz CT molecular complexity index is 609. The Morgan fingerprint density at radius 2 is 1.63 bits per heavy atom. The minimum absolute atomic E-state index is 0.175. The van der Waals surface area contributed by atoms with E-state index in [4.69, 9.17) is 11.6 Å². The minimum atomic E-state index is 0.175. The fraction of sp³-hybridized carbons (Fsp3) is 0.353. The summed E-state index contributed by atoms with van der Waals surface area (Å²) in [6.45, 7) is 10.9. The third-order valence-electron chi connectivity index (χ3n) is 3.45. The zero-order chi connectivity index (χ0) is 14.2. The van der Waals surface area contributed by atoms with Crippen molar-refractivity contribution in [1.29, 1.82) is 0 Å². The van der Waals surface area contributed by atoms with Gasteiger partial charge in [-0.25, -0.2) is 4.98 Å². The average Bonchev–Trinajstić information content (AvgIpc) is 2.31. The van der Waals surface area contributed by atoms with Crippen LogP contribution in [0.25, 0.3) is 11.1 Å². The van der Waals surface area contributed by atoms with Gasteiger partial charge < -0.3 is 0 Å². The Balaban J connectivity index is 2.55. The molecule has 1 nitrogen and oxygen atoms in total. The van der Waals surface area contributed by atoms with E-state index in [1.165, 1.54) is 16.7 Å². The smallest absolute Gasteiger partial charge is 0.129 e. The lowest BCUT2D eigenvalue weighted by molar-refractivity contribution is 0.590. The number of nitrogens with zero attached hydrogens (tertiary/aromatic N) is 1. The quantitative estimate of drug-likeness (QED) is 0.641. The van der Waals surface area contributed by atoms with Crippen LogP contribution >= 0.6 is 11.6 Å². The molecule has 0 aliphatic heterocycles. The molecule has 1 heterocycles. The van der Waals surface area contributed by atoms with Crippen molar-refractivity contribution in [3.63, 3.8) is 0 Å². The summed E-state index contributed by atoms with van der Waals surface area (Å²) < 4.78 is 0. The lowest BCUT2D eigenvalue weighted by Crippen LogP contribution is -2.11. The number of aryl methyl sites for hydroxylation is 2. The van der Waals surface area contributed by atoms with Crippen molar-refractivity contribution >= 4 is 11.6 Å². The van der Waals surface area contributed by atoms with Gasteiger partial charge in [0.2, 0.25) is 0 Å². The van der Waals surface area contributed by atoms with Crippen LogP contribution in [0.5, 0.6) is 0 Å². The van der Waals surface area contributed by atoms with Gasteiger partial charge in [0.25, 0.3) is 0 Å². The molecule has 100 valence electrons. The highest BCUT2D eigenvalue weighted by Gasteiger charge is 2.15. The normalized spacial score (nSPS) is 11.7. The Kier molecular flexibility index (Phi) is 3.69. The first kappa shape index (κ1) is 14.1. The third kappa shape index (κ3) is 2.98. The fourth-order valence-electron chi connectivity index (χ4n) is 2.22. The molecule has 1 aromatic heterocycles. The van der Waals surface area contributed by atoms with E-state index in [0.717, 1.165) is 11.1 Å². The third-order valence-corrected chi connectivity index (χ3v) is 3.66. The van der Waals surface area contributed by atoms with E-state index in [1.807, 2.05) is 12.3 Å². The van der Waals surface area contributed by atoms with Crippen molar-refractivity contribution < 1.29 is 0 Å². The summed E-state index contributed by atoms with van der Waals surface area (Å²) in [5.41, 5.74) is 6.35. The number of benzene rings is 1. The molecular formula is C17H20ClN. The molecule has 1 aromatic carbocycles. The van der Waals surface area contributed by atoms with Crippen LogP contribution < -0.4 is 0 Å². The average molecular weight is 274 g/mol. The van der Waals surface area contributed by atoms with Crippen molar-refractivity contribution in [2.75, 3.05) is 0 Å². The van der Waals surface area contributed by atoms with Crippen molar-refractivity contribution in [2.45, 2.75) is 40.0 Å². The standard InChI is InChI=1S/C17H20ClN/c1-11-8-13(17(3,4)5)6-7-14(11)15-9-16(18)19-10-12(15)2/h6-10H,1-5H3. The molecule has 0 N–H and O–H groups in total. The van der Waals surface area contributed by atoms with Crippen LogP contribution in [0, 0.1) is 13.8 Å². The highest BCUT2D eigenvalue weighted by molar-refractivity contribution is 6.29. The predicted octanol–water partition coefficient (Wildman–Crippen LogP) is 5.32. The zero-order valence-electron chi connectivity index (χ0n) is 12.2. The minimum Gasteiger partial charge on any atom is -0.244 e. The fourth-order valence-corrected chi connectivity index (χ4v) is 2.38. The summed E-state index contributed by atoms with van der Waals surface area (Å²) in [6.07, 6.45) is 1.83. The van der Waals surface area contributed by atoms with E-state index in [-0.39, 0.29) is 5.41 Å². The molecular weight excluding hydrogens is 254 g/mol. The molecule has 2 rings (SSSR count). The summed E-state index contributed by atoms with van der Waals surface area (Å²) in [5, 5.41) is 0.542. The van der Waals surface area contributed by atoms with Crippen LogP contribution in [0.4, 0.5) is 0 Å². The molecule has 0 fully saturated rings. The van der Waals surface area contributed by atoms with Gasteiger partial charge >= 0.3 is 0 Å². The van der Waals surface area contributed by atoms with Gasteiger partial charge in [0, 0.05) is 6.20 Å². The number of aromatic nitrogens is 1. The van der Waals surface area contributed by atoms with Crippen LogP contribution in [0.1, 0.15) is 37.5 Å². The number of pyridine rings is 1. The van der Waals surface area contributed by atoms with Crippen LogP contribution in [0.15, 0.2) is 30.5 Å². The first-order chi connectivity index (χ1) is 8.79. The van der Waals surface area contributed by atoms with Crippen molar-refractivity contribution in [2.24, 2.45) is 0 Å². The Hall–Kier alpha value is -1.34. The summed E-state index contributed by atoms with van der Waals surface area (Å²) in [6, 6.07) is 8.60. The molecule has 0 aliphatic carbocycles. The molecule has 0 amide bonds. The summed E-state index contributed by atoms with van der Waals surface area (Å²) in [7, 11) is 0. The summed E-state index contributed by atoms with van der Waals surface area (Å²) >= 11 is 6.01. The van der Waals surface area contributed by atoms with Crippen LogP contribution in [-0.4, -0.2) is 4.98 Å². The second kappa shape index (κ2) is 4.97. The maximum atomic E-state index is 6.01. The first-order valence-electron chi connectivity index (χ1n) is 6.52. The van der Waals surface area contributed by atoms with Crippen molar-refractivity contribution in [3.05, 3.63) is 52.3 Å². The Morgan fingerprint density at radius 3 is 2.21 bits per heavy atom. The second-order valence-electron chi connectivity index (χ2n) is 6.10. The van der Waals surface area contributed by atoms with Gasteiger partial charge in [-0.3, -0.25) is 0 Å². The molecule has 2 aromatic rings. The maximum absolute atomic E-state index is 6.01. The molecule has 0 atom stereocenters. The van der Waals surface area contributed by atoms with E-state index in [1.54, 1.807) is 0 Å². The lowest BCUT2D eigenvalue weighted by Gasteiger charge is -2.21. The van der Waals surface area contributed by atoms with Crippen molar-refractivity contribution in [3.8, 4) is 11.1 Å². The molecule has 0 unspecified atom stereocenters. The SMILES string of the molecule is Cc1cc(C(C)(C)C)ccc1-c1cc(Cl)ncc1C. The second-order valence-corrected chi connectivity index (χ2v) is 6.49. The van der Waals surface area contributed by atoms with E-state index in [0.29, 0.717) is 5.15 Å². The topological polar surface area (TPSA) is 12.9 Å². The number of hydrogen-bond donors (Lipinski definition) is 0. The van der Waals surface area contributed by atoms with Crippen LogP contribution in [0.2, 0.25) is 5.15 Å². The monoisotopic (exact) mass is 273 g/mol. The largest absolute Gasteiger partial charge is 0.244 e. The van der Waals surface area contributed by atoms with Gasteiger partial charge in [-0.2, -0.15) is 0 Å². The number of rotatable bonds is 1. The van der Waals surface area contributed by atoms with E-state index >= 15 is 0 Å². The van der Waals surface area contributed by atoms with Gasteiger partial charge in [-0.05, 0) is 53.1 Å². The van der Waals surface area contributed by atoms with E-state index < -0.39 is 0 Å². The van der Waals surface area contributed by atoms with Gasteiger partial charge in [0.05, 0.1) is 0 Å². The van der Waals surface area contributed by atoms with Crippen LogP contribution in [0.3, 0.4) is 0 Å². The van der Waals surface area contributed by atoms with Gasteiger partial charge in [0.15, 0.2) is 0 Å². The summed E-state index contributed by atoms with van der Waals surface area (Å²) in [5.74, 6) is 0. The molecule has 0 spiro atoms. The Morgan fingerprint density at radius 1 is 0.947 bits per heavy atom. The van der Waals surface area contributed by atoms with Gasteiger partial charge in [0.1, 0.15) is 5.15 Å². The Labute approximate surface area is 120 Å². The van der Waals surface area contributed by atoms with Crippen LogP contribution in [-0.2, 0) is 5.41 Å². The molecule has 0 saturated carbocycles. The van der Waals surface area contributed by atoms with E-state index in [9.17, 15) is 0 Å². The number of hydrogen-bond acceptors (Lipinski definition) is 1. The van der Waals surface area contributed by atoms with Crippen molar-refractivity contribution in [1.82, 2.24) is 4.98 Å². The molecule has 0 radical (unpaired) electrons.